The van der Waals surface area contributed by atoms with Gasteiger partial charge in [-0.1, -0.05) is 0 Å². The number of aliphatic hydroxyl groups excluding tert-OH is 3. The van der Waals surface area contributed by atoms with Crippen LogP contribution < -0.4 is 22.9 Å². The minimum absolute atomic E-state index is 0.234. The molecule has 1 aliphatic carbocycles. The second kappa shape index (κ2) is 9.07. The Bertz CT molecular complexity index is 512. The standard InChI is InChI=1S/C16H33N5O6/c1-6(18)8-4-3-7(19)16(26-8)27-15-10(20)12(23)13(24)11(14(15)25)21(2)9(22)5-17/h6-8,10-16,23-25H,3-5,17-20H2,1-2H3. The topological polar surface area (TPSA) is 204 Å². The van der Waals surface area contributed by atoms with Crippen molar-refractivity contribution in [3.8, 4) is 0 Å². The lowest BCUT2D eigenvalue weighted by Crippen LogP contribution is -2.72. The molecule has 1 saturated carbocycles. The average Bonchev–Trinajstić information content (AvgIpc) is 2.63. The van der Waals surface area contributed by atoms with Crippen molar-refractivity contribution >= 4 is 5.91 Å². The van der Waals surface area contributed by atoms with E-state index in [0.717, 1.165) is 4.90 Å². The number of nitrogens with two attached hydrogens (primary N) is 4. The molecule has 1 amide bonds. The largest absolute Gasteiger partial charge is 0.389 e. The van der Waals surface area contributed by atoms with E-state index in [-0.39, 0.29) is 18.7 Å². The number of amides is 1. The van der Waals surface area contributed by atoms with E-state index >= 15 is 0 Å². The van der Waals surface area contributed by atoms with Crippen LogP contribution in [-0.2, 0) is 14.3 Å². The van der Waals surface area contributed by atoms with Crippen LogP contribution in [0.3, 0.4) is 0 Å². The molecule has 1 aliphatic heterocycles. The van der Waals surface area contributed by atoms with Crippen LogP contribution in [0.1, 0.15) is 19.8 Å². The molecule has 2 aliphatic rings. The minimum Gasteiger partial charge on any atom is -0.389 e. The van der Waals surface area contributed by atoms with Gasteiger partial charge in [-0.15, -0.1) is 0 Å². The molecule has 2 rings (SSSR count). The number of carbonyl (C=O) groups is 1. The zero-order valence-electron chi connectivity index (χ0n) is 15.7. The van der Waals surface area contributed by atoms with Crippen LogP contribution in [0.5, 0.6) is 0 Å². The molecule has 1 heterocycles. The number of rotatable bonds is 5. The quantitative estimate of drug-likeness (QED) is 0.240. The van der Waals surface area contributed by atoms with Gasteiger partial charge >= 0.3 is 0 Å². The van der Waals surface area contributed by atoms with Crippen molar-refractivity contribution in [2.24, 2.45) is 22.9 Å². The smallest absolute Gasteiger partial charge is 0.236 e. The number of nitrogens with zero attached hydrogens (tertiary/aromatic N) is 1. The third kappa shape index (κ3) is 4.58. The summed E-state index contributed by atoms with van der Waals surface area (Å²) >= 11 is 0. The second-order valence-corrected chi connectivity index (χ2v) is 7.49. The summed E-state index contributed by atoms with van der Waals surface area (Å²) < 4.78 is 11.6. The lowest BCUT2D eigenvalue weighted by Gasteiger charge is -2.49. The van der Waals surface area contributed by atoms with Gasteiger partial charge in [0.15, 0.2) is 6.29 Å². The van der Waals surface area contributed by atoms with Crippen molar-refractivity contribution in [2.45, 2.75) is 80.7 Å². The molecule has 2 fully saturated rings. The summed E-state index contributed by atoms with van der Waals surface area (Å²) in [6.45, 7) is 1.50. The van der Waals surface area contributed by atoms with Crippen LogP contribution in [0.25, 0.3) is 0 Å². The molecular weight excluding hydrogens is 358 g/mol. The predicted octanol–water partition coefficient (Wildman–Crippen LogP) is -4.24. The molecule has 0 radical (unpaired) electrons. The Balaban J connectivity index is 2.19. The van der Waals surface area contributed by atoms with E-state index in [2.05, 4.69) is 0 Å². The SMILES string of the molecule is CC(N)C1CCC(N)C(OC2C(N)C(O)C(O)C(N(C)C(=O)CN)C2O)O1. The Kier molecular flexibility index (Phi) is 7.53. The Morgan fingerprint density at radius 3 is 2.41 bits per heavy atom. The van der Waals surface area contributed by atoms with Gasteiger partial charge in [0.2, 0.25) is 5.91 Å². The number of hydrogen-bond acceptors (Lipinski definition) is 10. The van der Waals surface area contributed by atoms with Crippen molar-refractivity contribution in [3.63, 3.8) is 0 Å². The molecule has 1 saturated heterocycles. The Hall–Kier alpha value is -0.890. The Morgan fingerprint density at radius 2 is 1.85 bits per heavy atom. The van der Waals surface area contributed by atoms with E-state index in [0.29, 0.717) is 12.8 Å². The number of likely N-dealkylation sites (N-methyl/N-ethyl adjacent to an activating group) is 1. The van der Waals surface area contributed by atoms with Crippen molar-refractivity contribution in [2.75, 3.05) is 13.6 Å². The van der Waals surface area contributed by atoms with E-state index < -0.39 is 54.7 Å². The third-order valence-corrected chi connectivity index (χ3v) is 5.50. The van der Waals surface area contributed by atoms with E-state index in [9.17, 15) is 20.1 Å². The monoisotopic (exact) mass is 391 g/mol. The molecule has 0 bridgehead atoms. The van der Waals surface area contributed by atoms with Crippen LogP contribution in [0.4, 0.5) is 0 Å². The first-order chi connectivity index (χ1) is 12.6. The fraction of sp³-hybridized carbons (Fsp3) is 0.938. The number of hydrogen-bond donors (Lipinski definition) is 7. The van der Waals surface area contributed by atoms with E-state index in [1.54, 1.807) is 0 Å². The summed E-state index contributed by atoms with van der Waals surface area (Å²) in [5, 5.41) is 31.4. The maximum Gasteiger partial charge on any atom is 0.236 e. The van der Waals surface area contributed by atoms with Gasteiger partial charge in [0.25, 0.3) is 0 Å². The highest BCUT2D eigenvalue weighted by atomic mass is 16.7. The lowest BCUT2D eigenvalue weighted by atomic mass is 9.81. The highest BCUT2D eigenvalue weighted by Gasteiger charge is 2.52. The first-order valence-corrected chi connectivity index (χ1v) is 9.17. The molecule has 0 aromatic heterocycles. The molecule has 10 unspecified atom stereocenters. The molecule has 10 atom stereocenters. The highest BCUT2D eigenvalue weighted by molar-refractivity contribution is 5.78. The summed E-state index contributed by atoms with van der Waals surface area (Å²) in [7, 11) is 1.38. The number of aliphatic hydroxyl groups is 3. The Morgan fingerprint density at radius 1 is 1.22 bits per heavy atom. The van der Waals surface area contributed by atoms with Crippen molar-refractivity contribution in [1.29, 1.82) is 0 Å². The van der Waals surface area contributed by atoms with Crippen LogP contribution in [-0.4, -0.2) is 101 Å². The lowest BCUT2D eigenvalue weighted by molar-refractivity contribution is -0.266. The molecule has 11 heteroatoms. The van der Waals surface area contributed by atoms with E-state index in [4.69, 9.17) is 32.4 Å². The zero-order valence-corrected chi connectivity index (χ0v) is 15.7. The number of carbonyl (C=O) groups excluding carboxylic acids is 1. The molecular formula is C16H33N5O6. The number of ether oxygens (including phenoxy) is 2. The first kappa shape index (κ1) is 22.4. The summed E-state index contributed by atoms with van der Waals surface area (Å²) in [5.74, 6) is -0.512. The van der Waals surface area contributed by atoms with Gasteiger partial charge in [0, 0.05) is 13.1 Å². The van der Waals surface area contributed by atoms with Crippen molar-refractivity contribution < 1.29 is 29.6 Å². The fourth-order valence-electron chi connectivity index (χ4n) is 3.70. The van der Waals surface area contributed by atoms with Crippen LogP contribution in [0.2, 0.25) is 0 Å². The normalized spacial score (nSPS) is 44.0. The molecule has 0 aromatic carbocycles. The molecule has 11 N–H and O–H groups in total. The molecule has 158 valence electrons. The van der Waals surface area contributed by atoms with Gasteiger partial charge in [-0.05, 0) is 19.8 Å². The predicted molar refractivity (Wildman–Crippen MR) is 96.0 cm³/mol. The van der Waals surface area contributed by atoms with Gasteiger partial charge in [0.05, 0.1) is 36.9 Å². The summed E-state index contributed by atoms with van der Waals surface area (Å²) in [6.07, 6.45) is -5.27. The summed E-state index contributed by atoms with van der Waals surface area (Å²) in [5.41, 5.74) is 23.3. The van der Waals surface area contributed by atoms with E-state index in [1.807, 2.05) is 6.92 Å². The van der Waals surface area contributed by atoms with Gasteiger partial charge in [-0.2, -0.15) is 0 Å². The highest BCUT2D eigenvalue weighted by Crippen LogP contribution is 2.29. The van der Waals surface area contributed by atoms with Crippen LogP contribution in [0.15, 0.2) is 0 Å². The summed E-state index contributed by atoms with van der Waals surface area (Å²) in [6, 6.07) is -2.96. The van der Waals surface area contributed by atoms with Gasteiger partial charge < -0.3 is 52.6 Å². The summed E-state index contributed by atoms with van der Waals surface area (Å²) in [4.78, 5) is 13.0. The maximum atomic E-state index is 11.9. The molecule has 0 aromatic rings. The fourth-order valence-corrected chi connectivity index (χ4v) is 3.70. The van der Waals surface area contributed by atoms with Gasteiger partial charge in [-0.3, -0.25) is 4.79 Å². The van der Waals surface area contributed by atoms with Gasteiger partial charge in [-0.25, -0.2) is 0 Å². The van der Waals surface area contributed by atoms with Crippen LogP contribution >= 0.6 is 0 Å². The molecule has 11 nitrogen and oxygen atoms in total. The minimum atomic E-state index is -1.46. The van der Waals surface area contributed by atoms with E-state index in [1.165, 1.54) is 7.05 Å². The van der Waals surface area contributed by atoms with Gasteiger partial charge in [0.1, 0.15) is 18.3 Å². The maximum absolute atomic E-state index is 11.9. The molecule has 0 spiro atoms. The molecule has 27 heavy (non-hydrogen) atoms. The van der Waals surface area contributed by atoms with Crippen LogP contribution in [0, 0.1) is 0 Å². The second-order valence-electron chi connectivity index (χ2n) is 7.49. The van der Waals surface area contributed by atoms with Crippen molar-refractivity contribution in [1.82, 2.24) is 4.90 Å². The first-order valence-electron chi connectivity index (χ1n) is 9.17. The Labute approximate surface area is 158 Å². The average molecular weight is 391 g/mol. The third-order valence-electron chi connectivity index (χ3n) is 5.50. The van der Waals surface area contributed by atoms with Crippen molar-refractivity contribution in [3.05, 3.63) is 0 Å². The zero-order chi connectivity index (χ0) is 20.5.